The second kappa shape index (κ2) is 9.15. The van der Waals surface area contributed by atoms with E-state index in [1.54, 1.807) is 0 Å². The van der Waals surface area contributed by atoms with E-state index < -0.39 is 0 Å². The minimum absolute atomic E-state index is 0.165. The number of rotatable bonds is 7. The average molecular weight is 370 g/mol. The van der Waals surface area contributed by atoms with E-state index in [9.17, 15) is 4.79 Å². The van der Waals surface area contributed by atoms with Gasteiger partial charge in [-0.2, -0.15) is 0 Å². The first-order valence-electron chi connectivity index (χ1n) is 9.72. The molecule has 0 bridgehead atoms. The lowest BCUT2D eigenvalue weighted by Gasteiger charge is -2.34. The fourth-order valence-corrected chi connectivity index (χ4v) is 3.12. The maximum atomic E-state index is 12.0. The fourth-order valence-electron chi connectivity index (χ4n) is 3.12. The Balaban J connectivity index is 1.44. The number of nitrogens with zero attached hydrogens (tertiary/aromatic N) is 3. The number of nitrogens with one attached hydrogen (secondary N) is 1. The molecule has 1 aliphatic heterocycles. The molecule has 1 aliphatic rings. The van der Waals surface area contributed by atoms with Crippen LogP contribution in [0.15, 0.2) is 34.9 Å². The molecule has 0 saturated carbocycles. The fraction of sp³-hybridized carbons (Fsp3) is 0.524. The van der Waals surface area contributed by atoms with Crippen molar-refractivity contribution in [2.24, 2.45) is 5.92 Å². The molecule has 0 unspecified atom stereocenters. The largest absolute Gasteiger partial charge is 0.447 e. The molecule has 2 heterocycles. The van der Waals surface area contributed by atoms with Crippen LogP contribution < -0.4 is 5.32 Å². The van der Waals surface area contributed by atoms with Crippen LogP contribution in [-0.2, 0) is 13.1 Å². The van der Waals surface area contributed by atoms with Gasteiger partial charge in [0.15, 0.2) is 5.69 Å². The van der Waals surface area contributed by atoms with Crippen molar-refractivity contribution in [2.75, 3.05) is 32.7 Å². The third kappa shape index (κ3) is 5.91. The number of aryl methyl sites for hydroxylation is 1. The number of hydrogen-bond acceptors (Lipinski definition) is 5. The number of carbonyl (C=O) groups excluding carboxylic acids is 1. The van der Waals surface area contributed by atoms with Crippen LogP contribution in [0, 0.1) is 12.8 Å². The summed E-state index contributed by atoms with van der Waals surface area (Å²) in [5, 5.41) is 2.87. The van der Waals surface area contributed by atoms with Crippen LogP contribution >= 0.6 is 0 Å². The molecule has 146 valence electrons. The second-order valence-electron chi connectivity index (χ2n) is 7.77. The maximum absolute atomic E-state index is 12.0. The van der Waals surface area contributed by atoms with Crippen LogP contribution in [0.3, 0.4) is 0 Å². The zero-order valence-corrected chi connectivity index (χ0v) is 16.6. The first-order valence-corrected chi connectivity index (χ1v) is 9.72. The van der Waals surface area contributed by atoms with E-state index in [-0.39, 0.29) is 5.91 Å². The monoisotopic (exact) mass is 370 g/mol. The highest BCUT2D eigenvalue weighted by molar-refractivity contribution is 5.91. The Morgan fingerprint density at radius 1 is 1.11 bits per heavy atom. The summed E-state index contributed by atoms with van der Waals surface area (Å²) in [5.41, 5.74) is 3.02. The molecule has 1 aromatic carbocycles. The number of benzene rings is 1. The molecule has 1 aromatic heterocycles. The van der Waals surface area contributed by atoms with Crippen LogP contribution in [0.4, 0.5) is 0 Å². The van der Waals surface area contributed by atoms with Crippen LogP contribution in [0.2, 0.25) is 0 Å². The molecule has 1 amide bonds. The van der Waals surface area contributed by atoms with Crippen molar-refractivity contribution in [3.05, 3.63) is 53.2 Å². The Morgan fingerprint density at radius 2 is 1.74 bits per heavy atom. The number of amides is 1. The van der Waals surface area contributed by atoms with E-state index >= 15 is 0 Å². The predicted molar refractivity (Wildman–Crippen MR) is 105 cm³/mol. The third-order valence-corrected chi connectivity index (χ3v) is 4.81. The summed E-state index contributed by atoms with van der Waals surface area (Å²) in [5.74, 6) is 0.856. The van der Waals surface area contributed by atoms with Crippen LogP contribution in [0.5, 0.6) is 0 Å². The molecular weight excluding hydrogens is 340 g/mol. The molecule has 1 saturated heterocycles. The quantitative estimate of drug-likeness (QED) is 0.812. The van der Waals surface area contributed by atoms with Crippen molar-refractivity contribution in [1.82, 2.24) is 20.1 Å². The van der Waals surface area contributed by atoms with Crippen molar-refractivity contribution in [3.8, 4) is 0 Å². The van der Waals surface area contributed by atoms with Gasteiger partial charge in [-0.3, -0.25) is 14.6 Å². The van der Waals surface area contributed by atoms with Gasteiger partial charge in [-0.25, -0.2) is 4.98 Å². The molecule has 27 heavy (non-hydrogen) atoms. The molecular formula is C21H30N4O2. The molecule has 6 heteroatoms. The molecule has 6 nitrogen and oxygen atoms in total. The van der Waals surface area contributed by atoms with Crippen LogP contribution in [0.1, 0.15) is 41.4 Å². The van der Waals surface area contributed by atoms with Crippen molar-refractivity contribution < 1.29 is 9.21 Å². The standard InChI is InChI=1S/C21H30N4O2/c1-16(2)12-22-21(26)19-15-27-20(23-19)14-25-10-8-24(9-11-25)13-18-6-4-17(3)5-7-18/h4-7,15-16H,8-14H2,1-3H3,(H,22,26). The van der Waals surface area contributed by atoms with Gasteiger partial charge in [0.1, 0.15) is 6.26 Å². The van der Waals surface area contributed by atoms with Gasteiger partial charge in [0.2, 0.25) is 5.89 Å². The molecule has 0 spiro atoms. The number of carbonyl (C=O) groups is 1. The zero-order valence-electron chi connectivity index (χ0n) is 16.6. The number of hydrogen-bond donors (Lipinski definition) is 1. The number of oxazole rings is 1. The first kappa shape index (κ1) is 19.6. The molecule has 0 aliphatic carbocycles. The van der Waals surface area contributed by atoms with Gasteiger partial charge in [-0.05, 0) is 18.4 Å². The maximum Gasteiger partial charge on any atom is 0.273 e. The lowest BCUT2D eigenvalue weighted by atomic mass is 10.1. The van der Waals surface area contributed by atoms with Gasteiger partial charge in [0.25, 0.3) is 5.91 Å². The zero-order chi connectivity index (χ0) is 19.2. The first-order chi connectivity index (χ1) is 13.0. The highest BCUT2D eigenvalue weighted by Crippen LogP contribution is 2.12. The third-order valence-electron chi connectivity index (χ3n) is 4.81. The van der Waals surface area contributed by atoms with Crippen LogP contribution in [-0.4, -0.2) is 53.4 Å². The molecule has 1 fully saturated rings. The van der Waals surface area contributed by atoms with E-state index in [0.717, 1.165) is 32.7 Å². The summed E-state index contributed by atoms with van der Waals surface area (Å²) in [7, 11) is 0. The van der Waals surface area contributed by atoms with Crippen molar-refractivity contribution in [1.29, 1.82) is 0 Å². The van der Waals surface area contributed by atoms with Gasteiger partial charge in [0.05, 0.1) is 6.54 Å². The number of aromatic nitrogens is 1. The summed E-state index contributed by atoms with van der Waals surface area (Å²) >= 11 is 0. The summed E-state index contributed by atoms with van der Waals surface area (Å²) in [6.45, 7) is 12.5. The highest BCUT2D eigenvalue weighted by Gasteiger charge is 2.20. The van der Waals surface area contributed by atoms with Gasteiger partial charge in [-0.1, -0.05) is 43.7 Å². The summed E-state index contributed by atoms with van der Waals surface area (Å²) in [4.78, 5) is 21.2. The Labute approximate surface area is 161 Å². The summed E-state index contributed by atoms with van der Waals surface area (Å²) in [6.07, 6.45) is 1.46. The van der Waals surface area contributed by atoms with Gasteiger partial charge < -0.3 is 9.73 Å². The minimum atomic E-state index is -0.165. The Kier molecular flexibility index (Phi) is 6.63. The Hall–Kier alpha value is -2.18. The highest BCUT2D eigenvalue weighted by atomic mass is 16.3. The van der Waals surface area contributed by atoms with Crippen molar-refractivity contribution in [3.63, 3.8) is 0 Å². The van der Waals surface area contributed by atoms with E-state index in [1.165, 1.54) is 17.4 Å². The van der Waals surface area contributed by atoms with Gasteiger partial charge >= 0.3 is 0 Å². The Morgan fingerprint density at radius 3 is 2.37 bits per heavy atom. The lowest BCUT2D eigenvalue weighted by molar-refractivity contribution is 0.0943. The van der Waals surface area contributed by atoms with E-state index in [2.05, 4.69) is 65.1 Å². The number of piperazine rings is 1. The average Bonchev–Trinajstić information content (AvgIpc) is 3.12. The normalized spacial score (nSPS) is 16.0. The smallest absolute Gasteiger partial charge is 0.273 e. The van der Waals surface area contributed by atoms with Crippen molar-refractivity contribution in [2.45, 2.75) is 33.9 Å². The van der Waals surface area contributed by atoms with Crippen molar-refractivity contribution >= 4 is 5.91 Å². The van der Waals surface area contributed by atoms with Gasteiger partial charge in [0, 0.05) is 39.3 Å². The second-order valence-corrected chi connectivity index (χ2v) is 7.77. The molecule has 1 N–H and O–H groups in total. The van der Waals surface area contributed by atoms with E-state index in [4.69, 9.17) is 4.42 Å². The summed E-state index contributed by atoms with van der Waals surface area (Å²) < 4.78 is 5.50. The predicted octanol–water partition coefficient (Wildman–Crippen LogP) is 2.69. The SMILES string of the molecule is Cc1ccc(CN2CCN(Cc3nc(C(=O)NCC(C)C)co3)CC2)cc1. The van der Waals surface area contributed by atoms with Crippen LogP contribution in [0.25, 0.3) is 0 Å². The molecule has 2 aromatic rings. The minimum Gasteiger partial charge on any atom is -0.447 e. The lowest BCUT2D eigenvalue weighted by Crippen LogP contribution is -2.45. The van der Waals surface area contributed by atoms with Gasteiger partial charge in [-0.15, -0.1) is 0 Å². The Bertz CT molecular complexity index is 731. The molecule has 0 atom stereocenters. The molecule has 3 rings (SSSR count). The topological polar surface area (TPSA) is 61.6 Å². The summed E-state index contributed by atoms with van der Waals surface area (Å²) in [6, 6.07) is 8.76. The van der Waals surface area contributed by atoms with E-state index in [1.807, 2.05) is 0 Å². The van der Waals surface area contributed by atoms with E-state index in [0.29, 0.717) is 30.6 Å². The molecule has 0 radical (unpaired) electrons.